The summed E-state index contributed by atoms with van der Waals surface area (Å²) >= 11 is 0. The molecular weight excluding hydrogens is 359 g/mol. The molecule has 0 aliphatic carbocycles. The van der Waals surface area contributed by atoms with Crippen molar-refractivity contribution in [2.24, 2.45) is 0 Å². The first kappa shape index (κ1) is 18.8. The number of hydrogen-bond donors (Lipinski definition) is 0. The van der Waals surface area contributed by atoms with Crippen LogP contribution in [0.5, 0.6) is 0 Å². The summed E-state index contributed by atoms with van der Waals surface area (Å²) in [7, 11) is 4.01. The van der Waals surface area contributed by atoms with E-state index in [9.17, 15) is 14.0 Å². The zero-order valence-electron chi connectivity index (χ0n) is 16.3. The van der Waals surface area contributed by atoms with Gasteiger partial charge < -0.3 is 9.80 Å². The average molecular weight is 384 g/mol. The second-order valence-electron chi connectivity index (χ2n) is 7.92. The van der Waals surface area contributed by atoms with Gasteiger partial charge in [-0.2, -0.15) is 0 Å². The number of nitrogens with zero attached hydrogens (tertiary/aromatic N) is 4. The minimum absolute atomic E-state index is 0.0247. The van der Waals surface area contributed by atoms with Gasteiger partial charge in [-0.3, -0.25) is 14.2 Å². The Hall–Kier alpha value is -2.54. The summed E-state index contributed by atoms with van der Waals surface area (Å²) in [5.41, 5.74) is 1.69. The standard InChI is InChI=1S/C21H25FN4O2/c1-24(2)12-16-7-4-8-19-23-18-9-10-25(13-17(18)21(28)26(16)19)20(27)14-5-3-6-15(22)11-14/h3,5-6,11,16H,4,7-10,12-13H2,1-2H3/t16-/m1/s1. The highest BCUT2D eigenvalue weighted by Gasteiger charge is 2.30. The molecule has 148 valence electrons. The molecule has 0 unspecified atom stereocenters. The number of halogens is 1. The van der Waals surface area contributed by atoms with Crippen LogP contribution >= 0.6 is 0 Å². The van der Waals surface area contributed by atoms with Gasteiger partial charge in [-0.05, 0) is 45.1 Å². The molecule has 7 heteroatoms. The second-order valence-corrected chi connectivity index (χ2v) is 7.92. The number of carbonyl (C=O) groups is 1. The van der Waals surface area contributed by atoms with Crippen molar-refractivity contribution in [3.8, 4) is 0 Å². The van der Waals surface area contributed by atoms with Gasteiger partial charge in [0.1, 0.15) is 11.6 Å². The zero-order valence-corrected chi connectivity index (χ0v) is 16.3. The maximum absolute atomic E-state index is 13.5. The number of aromatic nitrogens is 2. The minimum Gasteiger partial charge on any atom is -0.334 e. The van der Waals surface area contributed by atoms with Gasteiger partial charge in [-0.25, -0.2) is 9.37 Å². The fourth-order valence-corrected chi connectivity index (χ4v) is 4.29. The van der Waals surface area contributed by atoms with E-state index >= 15 is 0 Å². The molecule has 28 heavy (non-hydrogen) atoms. The summed E-state index contributed by atoms with van der Waals surface area (Å²) in [6.45, 7) is 1.50. The Bertz CT molecular complexity index is 969. The number of benzene rings is 1. The number of hydrogen-bond acceptors (Lipinski definition) is 4. The topological polar surface area (TPSA) is 58.4 Å². The van der Waals surface area contributed by atoms with Crippen molar-refractivity contribution in [3.05, 3.63) is 63.1 Å². The van der Waals surface area contributed by atoms with E-state index in [0.717, 1.165) is 37.3 Å². The third-order valence-electron chi connectivity index (χ3n) is 5.57. The summed E-state index contributed by atoms with van der Waals surface area (Å²) < 4.78 is 15.3. The van der Waals surface area contributed by atoms with Crippen LogP contribution in [0.1, 0.15) is 46.3 Å². The summed E-state index contributed by atoms with van der Waals surface area (Å²) in [6.07, 6.45) is 3.36. The summed E-state index contributed by atoms with van der Waals surface area (Å²) in [5.74, 6) is 0.175. The number of fused-ring (bicyclic) bond motifs is 2. The van der Waals surface area contributed by atoms with E-state index in [4.69, 9.17) is 4.98 Å². The van der Waals surface area contributed by atoms with Crippen LogP contribution in [0.2, 0.25) is 0 Å². The largest absolute Gasteiger partial charge is 0.334 e. The molecule has 4 rings (SSSR count). The lowest BCUT2D eigenvalue weighted by atomic mass is 10.00. The predicted molar refractivity (Wildman–Crippen MR) is 104 cm³/mol. The number of likely N-dealkylation sites (N-methyl/N-ethyl adjacent to an activating group) is 1. The van der Waals surface area contributed by atoms with Crippen molar-refractivity contribution >= 4 is 5.91 Å². The lowest BCUT2D eigenvalue weighted by Crippen LogP contribution is -2.44. The van der Waals surface area contributed by atoms with E-state index in [2.05, 4.69) is 4.90 Å². The molecule has 0 N–H and O–H groups in total. The van der Waals surface area contributed by atoms with Gasteiger partial charge in [0, 0.05) is 31.5 Å². The fraction of sp³-hybridized carbons (Fsp3) is 0.476. The molecular formula is C21H25FN4O2. The molecule has 6 nitrogen and oxygen atoms in total. The van der Waals surface area contributed by atoms with Gasteiger partial charge in [0.05, 0.1) is 23.8 Å². The van der Waals surface area contributed by atoms with E-state index in [1.807, 2.05) is 18.7 Å². The molecule has 0 fully saturated rings. The Morgan fingerprint density at radius 2 is 2.14 bits per heavy atom. The third kappa shape index (κ3) is 3.46. The van der Waals surface area contributed by atoms with Gasteiger partial charge in [0.2, 0.25) is 0 Å². The SMILES string of the molecule is CN(C)C[C@H]1CCCc2nc3c(c(=O)n21)CN(C(=O)c1cccc(F)c1)CC3. The van der Waals surface area contributed by atoms with Crippen LogP contribution in [0.25, 0.3) is 0 Å². The average Bonchev–Trinajstić information content (AvgIpc) is 2.67. The zero-order chi connectivity index (χ0) is 19.8. The first-order valence-electron chi connectivity index (χ1n) is 9.77. The van der Waals surface area contributed by atoms with E-state index < -0.39 is 5.82 Å². The quantitative estimate of drug-likeness (QED) is 0.813. The van der Waals surface area contributed by atoms with Gasteiger partial charge in [0.15, 0.2) is 0 Å². The molecule has 0 radical (unpaired) electrons. The van der Waals surface area contributed by atoms with Crippen LogP contribution in [-0.2, 0) is 19.4 Å². The first-order chi connectivity index (χ1) is 13.4. The number of aryl methyl sites for hydroxylation is 1. The van der Waals surface area contributed by atoms with Crippen LogP contribution in [0.3, 0.4) is 0 Å². The molecule has 3 heterocycles. The van der Waals surface area contributed by atoms with Gasteiger partial charge >= 0.3 is 0 Å². The lowest BCUT2D eigenvalue weighted by Gasteiger charge is -2.33. The Kier molecular flexibility index (Phi) is 5.02. The molecule has 1 amide bonds. The van der Waals surface area contributed by atoms with Crippen LogP contribution in [0.15, 0.2) is 29.1 Å². The number of amides is 1. The Labute approximate surface area is 163 Å². The number of carbonyl (C=O) groups excluding carboxylic acids is 1. The number of rotatable bonds is 3. The molecule has 2 aliphatic heterocycles. The lowest BCUT2D eigenvalue weighted by molar-refractivity contribution is 0.0731. The van der Waals surface area contributed by atoms with Crippen molar-refractivity contribution in [1.29, 1.82) is 0 Å². The molecule has 0 bridgehead atoms. The first-order valence-corrected chi connectivity index (χ1v) is 9.77. The maximum Gasteiger partial charge on any atom is 0.259 e. The minimum atomic E-state index is -0.439. The Morgan fingerprint density at radius 3 is 2.89 bits per heavy atom. The third-order valence-corrected chi connectivity index (χ3v) is 5.57. The fourth-order valence-electron chi connectivity index (χ4n) is 4.29. The van der Waals surface area contributed by atoms with E-state index in [0.29, 0.717) is 24.1 Å². The summed E-state index contributed by atoms with van der Waals surface area (Å²) in [6, 6.07) is 5.79. The smallest absolute Gasteiger partial charge is 0.259 e. The van der Waals surface area contributed by atoms with Crippen LogP contribution in [0, 0.1) is 5.82 Å². The van der Waals surface area contributed by atoms with Crippen molar-refractivity contribution in [3.63, 3.8) is 0 Å². The Morgan fingerprint density at radius 1 is 1.32 bits per heavy atom. The van der Waals surface area contributed by atoms with Crippen molar-refractivity contribution < 1.29 is 9.18 Å². The molecule has 0 saturated carbocycles. The van der Waals surface area contributed by atoms with E-state index in [-0.39, 0.29) is 24.1 Å². The van der Waals surface area contributed by atoms with E-state index in [1.54, 1.807) is 11.0 Å². The van der Waals surface area contributed by atoms with Crippen molar-refractivity contribution in [2.75, 3.05) is 27.2 Å². The highest BCUT2D eigenvalue weighted by Crippen LogP contribution is 2.25. The summed E-state index contributed by atoms with van der Waals surface area (Å²) in [5, 5.41) is 0. The van der Waals surface area contributed by atoms with E-state index in [1.165, 1.54) is 18.2 Å². The highest BCUT2D eigenvalue weighted by atomic mass is 19.1. The molecule has 2 aliphatic rings. The van der Waals surface area contributed by atoms with Gasteiger partial charge in [-0.1, -0.05) is 6.07 Å². The van der Waals surface area contributed by atoms with Crippen LogP contribution in [0.4, 0.5) is 4.39 Å². The highest BCUT2D eigenvalue weighted by molar-refractivity contribution is 5.94. The molecule has 2 aromatic rings. The Balaban J connectivity index is 1.67. The molecule has 1 aromatic heterocycles. The van der Waals surface area contributed by atoms with Crippen LogP contribution < -0.4 is 5.56 Å². The molecule has 1 aromatic carbocycles. The van der Waals surface area contributed by atoms with Crippen molar-refractivity contribution in [1.82, 2.24) is 19.4 Å². The normalized spacial score (nSPS) is 18.7. The van der Waals surface area contributed by atoms with Crippen LogP contribution in [-0.4, -0.2) is 52.4 Å². The molecule has 0 spiro atoms. The predicted octanol–water partition coefficient (Wildman–Crippen LogP) is 2.02. The molecule has 0 saturated heterocycles. The van der Waals surface area contributed by atoms with Gasteiger partial charge in [0.25, 0.3) is 11.5 Å². The maximum atomic E-state index is 13.5. The monoisotopic (exact) mass is 384 g/mol. The second kappa shape index (κ2) is 7.47. The van der Waals surface area contributed by atoms with Gasteiger partial charge in [-0.15, -0.1) is 0 Å². The van der Waals surface area contributed by atoms with Crippen molar-refractivity contribution in [2.45, 2.75) is 38.3 Å². The molecule has 1 atom stereocenters. The summed E-state index contributed by atoms with van der Waals surface area (Å²) in [4.78, 5) is 34.6.